The van der Waals surface area contributed by atoms with Crippen LogP contribution in [0.25, 0.3) is 0 Å². The number of ketones is 1. The van der Waals surface area contributed by atoms with Crippen LogP contribution in [0.2, 0.25) is 0 Å². The van der Waals surface area contributed by atoms with Crippen LogP contribution in [-0.2, 0) is 16.1 Å². The van der Waals surface area contributed by atoms with E-state index in [1.54, 1.807) is 12.1 Å². The minimum Gasteiger partial charge on any atom is -0.458 e. The fourth-order valence-electron chi connectivity index (χ4n) is 7.75. The average Bonchev–Trinajstić information content (AvgIpc) is 3.10. The molecule has 0 amide bonds. The van der Waals surface area contributed by atoms with Crippen LogP contribution in [0.1, 0.15) is 81.1 Å². The quantitative estimate of drug-likeness (QED) is 0.677. The second kappa shape index (κ2) is 7.58. The number of rotatable bonds is 3. The van der Waals surface area contributed by atoms with Crippen molar-refractivity contribution in [1.29, 1.82) is 0 Å². The molecule has 0 unspecified atom stereocenters. The summed E-state index contributed by atoms with van der Waals surface area (Å²) in [6, 6.07) is 7.19. The van der Waals surface area contributed by atoms with Gasteiger partial charge in [-0.15, -0.1) is 0 Å². The Bertz CT molecular complexity index is 933. The second-order valence-electron chi connectivity index (χ2n) is 10.8. The maximum absolute atomic E-state index is 13.0. The van der Waals surface area contributed by atoms with Crippen molar-refractivity contribution in [2.24, 2.45) is 28.6 Å². The number of benzene rings is 1. The summed E-state index contributed by atoms with van der Waals surface area (Å²) in [5, 5.41) is 9.60. The molecular weight excluding hydrogens is 388 g/mol. The van der Waals surface area contributed by atoms with Gasteiger partial charge in [-0.25, -0.2) is 4.79 Å². The van der Waals surface area contributed by atoms with Gasteiger partial charge >= 0.3 is 5.97 Å². The highest BCUT2D eigenvalue weighted by molar-refractivity contribution is 5.92. The van der Waals surface area contributed by atoms with E-state index in [0.717, 1.165) is 44.9 Å². The number of fused-ring (bicyclic) bond motifs is 5. The first-order valence-corrected chi connectivity index (χ1v) is 12.0. The van der Waals surface area contributed by atoms with E-state index < -0.39 is 0 Å². The maximum Gasteiger partial charge on any atom is 0.338 e. The topological polar surface area (TPSA) is 63.6 Å². The minimum absolute atomic E-state index is 0.0209. The minimum atomic E-state index is -0.301. The lowest BCUT2D eigenvalue weighted by atomic mass is 9.47. The van der Waals surface area contributed by atoms with Gasteiger partial charge in [0.25, 0.3) is 0 Å². The van der Waals surface area contributed by atoms with E-state index in [9.17, 15) is 14.7 Å². The van der Waals surface area contributed by atoms with Gasteiger partial charge in [-0.05, 0) is 85.8 Å². The standard InChI is InChI=1S/C27H34O4/c1-26-13-11-19(29)15-18(26)7-8-21-22-9-10-24(27(22,2)14-12-23(21)26)31-25(30)20-6-4-3-5-17(20)16-28/h3-6,15,21-24,28H,7-14,16H2,1-2H3/t21-,22-,23-,24-,26-,27-/m0/s1. The number of carbonyl (C=O) groups excluding carboxylic acids is 2. The summed E-state index contributed by atoms with van der Waals surface area (Å²) >= 11 is 0. The average molecular weight is 423 g/mol. The van der Waals surface area contributed by atoms with Crippen molar-refractivity contribution in [2.45, 2.75) is 77.9 Å². The molecule has 4 aliphatic rings. The maximum atomic E-state index is 13.0. The number of hydrogen-bond donors (Lipinski definition) is 1. The molecule has 3 fully saturated rings. The van der Waals surface area contributed by atoms with Gasteiger partial charge in [-0.2, -0.15) is 0 Å². The third-order valence-corrected chi connectivity index (χ3v) is 9.53. The zero-order valence-corrected chi connectivity index (χ0v) is 18.7. The van der Waals surface area contributed by atoms with Crippen LogP contribution < -0.4 is 0 Å². The highest BCUT2D eigenvalue weighted by Crippen LogP contribution is 2.65. The summed E-state index contributed by atoms with van der Waals surface area (Å²) in [4.78, 5) is 25.0. The molecule has 1 N–H and O–H groups in total. The summed E-state index contributed by atoms with van der Waals surface area (Å²) in [6.45, 7) is 4.59. The summed E-state index contributed by atoms with van der Waals surface area (Å²) in [6.07, 6.45) is 10.1. The molecule has 0 radical (unpaired) electrons. The van der Waals surface area contributed by atoms with Crippen molar-refractivity contribution < 1.29 is 19.4 Å². The highest BCUT2D eigenvalue weighted by Gasteiger charge is 2.60. The number of carbonyl (C=O) groups is 2. The van der Waals surface area contributed by atoms with Crippen LogP contribution >= 0.6 is 0 Å². The highest BCUT2D eigenvalue weighted by atomic mass is 16.5. The molecule has 31 heavy (non-hydrogen) atoms. The van der Waals surface area contributed by atoms with E-state index in [1.165, 1.54) is 5.57 Å². The Hall–Kier alpha value is -1.94. The van der Waals surface area contributed by atoms with Gasteiger partial charge in [0.15, 0.2) is 5.78 Å². The molecule has 0 aromatic heterocycles. The summed E-state index contributed by atoms with van der Waals surface area (Å²) in [5.74, 6) is 1.88. The molecule has 0 bridgehead atoms. The number of ether oxygens (including phenoxy) is 1. The van der Waals surface area contributed by atoms with Crippen LogP contribution in [0.5, 0.6) is 0 Å². The van der Waals surface area contributed by atoms with Gasteiger partial charge in [-0.3, -0.25) is 4.79 Å². The Morgan fingerprint density at radius 1 is 1.06 bits per heavy atom. The molecule has 3 saturated carbocycles. The molecule has 0 saturated heterocycles. The lowest BCUT2D eigenvalue weighted by molar-refractivity contribution is -0.118. The van der Waals surface area contributed by atoms with Gasteiger partial charge < -0.3 is 9.84 Å². The van der Waals surface area contributed by atoms with Crippen molar-refractivity contribution in [3.05, 3.63) is 47.0 Å². The second-order valence-corrected chi connectivity index (χ2v) is 10.8. The van der Waals surface area contributed by atoms with Crippen molar-refractivity contribution in [3.8, 4) is 0 Å². The molecular formula is C27H34O4. The summed E-state index contributed by atoms with van der Waals surface area (Å²) < 4.78 is 6.13. The Morgan fingerprint density at radius 2 is 1.87 bits per heavy atom. The van der Waals surface area contributed by atoms with E-state index in [1.807, 2.05) is 18.2 Å². The Labute approximate surface area is 185 Å². The number of aliphatic hydroxyl groups is 1. The molecule has 1 aromatic carbocycles. The van der Waals surface area contributed by atoms with E-state index in [-0.39, 0.29) is 29.5 Å². The van der Waals surface area contributed by atoms with E-state index in [0.29, 0.717) is 41.1 Å². The largest absolute Gasteiger partial charge is 0.458 e. The molecule has 4 aliphatic carbocycles. The van der Waals surface area contributed by atoms with Gasteiger partial charge in [0, 0.05) is 11.8 Å². The summed E-state index contributed by atoms with van der Waals surface area (Å²) in [7, 11) is 0. The van der Waals surface area contributed by atoms with Crippen LogP contribution in [0.3, 0.4) is 0 Å². The predicted molar refractivity (Wildman–Crippen MR) is 118 cm³/mol. The van der Waals surface area contributed by atoms with Gasteiger partial charge in [0.2, 0.25) is 0 Å². The number of allylic oxidation sites excluding steroid dienone is 1. The van der Waals surface area contributed by atoms with Crippen LogP contribution in [0, 0.1) is 28.6 Å². The fraction of sp³-hybridized carbons (Fsp3) is 0.630. The fourth-order valence-corrected chi connectivity index (χ4v) is 7.75. The van der Waals surface area contributed by atoms with Gasteiger partial charge in [0.05, 0.1) is 12.2 Å². The zero-order valence-electron chi connectivity index (χ0n) is 18.7. The summed E-state index contributed by atoms with van der Waals surface area (Å²) in [5.41, 5.74) is 2.70. The van der Waals surface area contributed by atoms with E-state index in [4.69, 9.17) is 4.74 Å². The molecule has 4 nitrogen and oxygen atoms in total. The van der Waals surface area contributed by atoms with Crippen molar-refractivity contribution >= 4 is 11.8 Å². The lowest BCUT2D eigenvalue weighted by Crippen LogP contribution is -2.51. The predicted octanol–water partition coefficient (Wildman–Crippen LogP) is 5.24. The van der Waals surface area contributed by atoms with Crippen molar-refractivity contribution in [3.63, 3.8) is 0 Å². The monoisotopic (exact) mass is 422 g/mol. The third kappa shape index (κ3) is 3.21. The van der Waals surface area contributed by atoms with Gasteiger partial charge in [-0.1, -0.05) is 37.6 Å². The van der Waals surface area contributed by atoms with Crippen LogP contribution in [0.15, 0.2) is 35.9 Å². The Morgan fingerprint density at radius 3 is 2.68 bits per heavy atom. The van der Waals surface area contributed by atoms with Crippen LogP contribution in [0.4, 0.5) is 0 Å². The first kappa shape index (κ1) is 20.9. The molecule has 166 valence electrons. The molecule has 0 spiro atoms. The molecule has 6 atom stereocenters. The third-order valence-electron chi connectivity index (χ3n) is 9.53. The van der Waals surface area contributed by atoms with E-state index >= 15 is 0 Å². The smallest absolute Gasteiger partial charge is 0.338 e. The first-order valence-electron chi connectivity index (χ1n) is 12.0. The Balaban J connectivity index is 1.36. The van der Waals surface area contributed by atoms with Crippen molar-refractivity contribution in [1.82, 2.24) is 0 Å². The molecule has 4 heteroatoms. The number of aliphatic hydroxyl groups excluding tert-OH is 1. The van der Waals surface area contributed by atoms with Crippen molar-refractivity contribution in [2.75, 3.05) is 0 Å². The van der Waals surface area contributed by atoms with Gasteiger partial charge in [0.1, 0.15) is 6.10 Å². The molecule has 0 heterocycles. The lowest BCUT2D eigenvalue weighted by Gasteiger charge is -2.57. The first-order chi connectivity index (χ1) is 14.9. The normalized spacial score (nSPS) is 39.2. The number of esters is 1. The SMILES string of the molecule is C[C@]12CC[C@H]3[C@@H](CCC4=CC(=O)CC[C@@]43C)[C@@H]1CC[C@@H]2OC(=O)c1ccccc1CO. The zero-order chi connectivity index (χ0) is 21.8. The molecule has 1 aromatic rings. The van der Waals surface area contributed by atoms with E-state index in [2.05, 4.69) is 13.8 Å². The Kier molecular flexibility index (Phi) is 5.12. The molecule has 0 aliphatic heterocycles. The number of hydrogen-bond acceptors (Lipinski definition) is 4. The van der Waals surface area contributed by atoms with Crippen LogP contribution in [-0.4, -0.2) is 23.0 Å². The molecule has 5 rings (SSSR count).